The lowest BCUT2D eigenvalue weighted by Gasteiger charge is -2.22. The topological polar surface area (TPSA) is 75.6 Å². The molecule has 22 heavy (non-hydrogen) atoms. The summed E-state index contributed by atoms with van der Waals surface area (Å²) >= 11 is 1.38. The first-order chi connectivity index (χ1) is 10.4. The van der Waals surface area contributed by atoms with Crippen molar-refractivity contribution in [1.82, 2.24) is 4.72 Å². The van der Waals surface area contributed by atoms with Crippen molar-refractivity contribution in [3.63, 3.8) is 0 Å². The van der Waals surface area contributed by atoms with E-state index in [1.165, 1.54) is 17.4 Å². The summed E-state index contributed by atoms with van der Waals surface area (Å²) in [6.45, 7) is 3.63. The fourth-order valence-electron chi connectivity index (χ4n) is 1.93. The highest BCUT2D eigenvalue weighted by molar-refractivity contribution is 7.89. The first kappa shape index (κ1) is 17.0. The molecule has 1 aromatic carbocycles. The lowest BCUT2D eigenvalue weighted by molar-refractivity contribution is 0.0666. The molecule has 0 bridgehead atoms. The van der Waals surface area contributed by atoms with Gasteiger partial charge in [-0.3, -0.25) is 0 Å². The lowest BCUT2D eigenvalue weighted by atomic mass is 10.1. The molecule has 0 aliphatic carbocycles. The molecule has 5 nitrogen and oxygen atoms in total. The smallest absolute Gasteiger partial charge is 0.244 e. The van der Waals surface area contributed by atoms with E-state index in [0.29, 0.717) is 17.2 Å². The molecule has 0 saturated heterocycles. The van der Waals surface area contributed by atoms with Crippen molar-refractivity contribution in [3.05, 3.63) is 46.7 Å². The van der Waals surface area contributed by atoms with Crippen molar-refractivity contribution in [3.8, 4) is 5.75 Å². The van der Waals surface area contributed by atoms with E-state index < -0.39 is 15.6 Å². The van der Waals surface area contributed by atoms with Crippen LogP contribution in [0, 0.1) is 0 Å². The number of ether oxygens (including phenoxy) is 1. The Labute approximate surface area is 134 Å². The summed E-state index contributed by atoms with van der Waals surface area (Å²) in [7, 11) is -3.77. The van der Waals surface area contributed by atoms with Crippen LogP contribution in [-0.4, -0.2) is 26.7 Å². The Bertz CT molecular complexity index is 709. The molecule has 0 radical (unpaired) electrons. The van der Waals surface area contributed by atoms with Crippen molar-refractivity contribution in [2.45, 2.75) is 24.3 Å². The maximum atomic E-state index is 12.4. The van der Waals surface area contributed by atoms with E-state index in [4.69, 9.17) is 4.74 Å². The molecule has 0 aliphatic heterocycles. The Balaban J connectivity index is 2.18. The average Bonchev–Trinajstić information content (AvgIpc) is 3.01. The molecular weight excluding hydrogens is 322 g/mol. The van der Waals surface area contributed by atoms with Gasteiger partial charge in [0, 0.05) is 11.4 Å². The van der Waals surface area contributed by atoms with E-state index >= 15 is 0 Å². The zero-order chi connectivity index (χ0) is 16.2. The lowest BCUT2D eigenvalue weighted by Crippen LogP contribution is -2.38. The van der Waals surface area contributed by atoms with Gasteiger partial charge in [0.2, 0.25) is 10.0 Å². The molecule has 2 aromatic rings. The second-order valence-corrected chi connectivity index (χ2v) is 7.64. The Morgan fingerprint density at radius 2 is 2.00 bits per heavy atom. The molecule has 0 amide bonds. The third-order valence-corrected chi connectivity index (χ3v) is 5.66. The van der Waals surface area contributed by atoms with E-state index in [9.17, 15) is 13.5 Å². The fourth-order valence-corrected chi connectivity index (χ4v) is 4.00. The number of thiophene rings is 1. The second-order valence-electron chi connectivity index (χ2n) is 4.96. The molecule has 0 aliphatic rings. The van der Waals surface area contributed by atoms with Crippen LogP contribution in [0.5, 0.6) is 5.75 Å². The number of aliphatic hydroxyl groups is 1. The summed E-state index contributed by atoms with van der Waals surface area (Å²) in [5, 5.41) is 12.2. The number of sulfonamides is 1. The quantitative estimate of drug-likeness (QED) is 0.810. The normalized spacial score (nSPS) is 14.5. The number of nitrogens with one attached hydrogen (secondary N) is 1. The van der Waals surface area contributed by atoms with Gasteiger partial charge in [0.25, 0.3) is 0 Å². The Morgan fingerprint density at radius 3 is 2.64 bits per heavy atom. The third kappa shape index (κ3) is 3.86. The number of hydrogen-bond donors (Lipinski definition) is 2. The molecule has 1 aromatic heterocycles. The van der Waals surface area contributed by atoms with Gasteiger partial charge < -0.3 is 9.84 Å². The first-order valence-corrected chi connectivity index (χ1v) is 9.21. The third-order valence-electron chi connectivity index (χ3n) is 3.10. The van der Waals surface area contributed by atoms with E-state index in [1.54, 1.807) is 38.1 Å². The predicted molar refractivity (Wildman–Crippen MR) is 86.7 cm³/mol. The number of para-hydroxylation sites is 1. The summed E-state index contributed by atoms with van der Waals surface area (Å²) in [5.41, 5.74) is -1.26. The van der Waals surface area contributed by atoms with Gasteiger partial charge in [-0.2, -0.15) is 0 Å². The highest BCUT2D eigenvalue weighted by atomic mass is 32.2. The summed E-state index contributed by atoms with van der Waals surface area (Å²) in [6, 6.07) is 10.0. The Morgan fingerprint density at radius 1 is 1.27 bits per heavy atom. The average molecular weight is 341 g/mol. The van der Waals surface area contributed by atoms with Crippen molar-refractivity contribution in [1.29, 1.82) is 0 Å². The SMILES string of the molecule is CCOc1ccccc1S(=O)(=O)NCC(C)(O)c1cccs1. The summed E-state index contributed by atoms with van der Waals surface area (Å²) in [5.74, 6) is 0.299. The van der Waals surface area contributed by atoms with Crippen LogP contribution in [0.2, 0.25) is 0 Å². The van der Waals surface area contributed by atoms with Gasteiger partial charge in [0.1, 0.15) is 16.2 Å². The van der Waals surface area contributed by atoms with Gasteiger partial charge in [0.05, 0.1) is 6.61 Å². The zero-order valence-corrected chi connectivity index (χ0v) is 14.1. The summed E-state index contributed by atoms with van der Waals surface area (Å²) in [6.07, 6.45) is 0. The minimum Gasteiger partial charge on any atom is -0.492 e. The van der Waals surface area contributed by atoms with Crippen LogP contribution >= 0.6 is 11.3 Å². The zero-order valence-electron chi connectivity index (χ0n) is 12.4. The van der Waals surface area contributed by atoms with E-state index in [1.807, 2.05) is 11.4 Å². The molecule has 7 heteroatoms. The molecule has 2 rings (SSSR count). The number of rotatable bonds is 7. The predicted octanol–water partition coefficient (Wildman–Crippen LogP) is 2.33. The van der Waals surface area contributed by atoms with Crippen LogP contribution in [0.1, 0.15) is 18.7 Å². The number of hydrogen-bond acceptors (Lipinski definition) is 5. The van der Waals surface area contributed by atoms with Crippen molar-refractivity contribution in [2.75, 3.05) is 13.2 Å². The van der Waals surface area contributed by atoms with Gasteiger partial charge in [-0.25, -0.2) is 13.1 Å². The maximum Gasteiger partial charge on any atom is 0.244 e. The Hall–Kier alpha value is -1.41. The van der Waals surface area contributed by atoms with Crippen LogP contribution < -0.4 is 9.46 Å². The molecule has 120 valence electrons. The minimum atomic E-state index is -3.77. The Kier molecular flexibility index (Phi) is 5.23. The van der Waals surface area contributed by atoms with Gasteiger partial charge in [-0.1, -0.05) is 18.2 Å². The highest BCUT2D eigenvalue weighted by Gasteiger charge is 2.28. The van der Waals surface area contributed by atoms with Gasteiger partial charge in [-0.05, 0) is 37.4 Å². The molecule has 1 atom stereocenters. The van der Waals surface area contributed by atoms with Gasteiger partial charge >= 0.3 is 0 Å². The first-order valence-electron chi connectivity index (χ1n) is 6.84. The van der Waals surface area contributed by atoms with Crippen molar-refractivity contribution < 1.29 is 18.3 Å². The van der Waals surface area contributed by atoms with Crippen molar-refractivity contribution in [2.24, 2.45) is 0 Å². The van der Waals surface area contributed by atoms with Crippen LogP contribution in [0.25, 0.3) is 0 Å². The largest absolute Gasteiger partial charge is 0.492 e. The van der Waals surface area contributed by atoms with Gasteiger partial charge in [0.15, 0.2) is 0 Å². The molecular formula is C15H19NO4S2. The maximum absolute atomic E-state index is 12.4. The highest BCUT2D eigenvalue weighted by Crippen LogP contribution is 2.27. The van der Waals surface area contributed by atoms with Crippen LogP contribution in [0.3, 0.4) is 0 Å². The van der Waals surface area contributed by atoms with Gasteiger partial charge in [-0.15, -0.1) is 11.3 Å². The van der Waals surface area contributed by atoms with Crippen LogP contribution in [0.4, 0.5) is 0 Å². The fraction of sp³-hybridized carbons (Fsp3) is 0.333. The van der Waals surface area contributed by atoms with E-state index in [-0.39, 0.29) is 11.4 Å². The standard InChI is InChI=1S/C15H19NO4S2/c1-3-20-12-7-4-5-8-13(12)22(18,19)16-11-15(2,17)14-9-6-10-21-14/h4-10,16-17H,3,11H2,1-2H3. The molecule has 1 unspecified atom stereocenters. The summed E-state index contributed by atoms with van der Waals surface area (Å²) in [4.78, 5) is 0.770. The monoisotopic (exact) mass is 341 g/mol. The number of benzene rings is 1. The van der Waals surface area contributed by atoms with Crippen LogP contribution in [0.15, 0.2) is 46.7 Å². The molecule has 0 spiro atoms. The van der Waals surface area contributed by atoms with Crippen molar-refractivity contribution >= 4 is 21.4 Å². The van der Waals surface area contributed by atoms with E-state index in [2.05, 4.69) is 4.72 Å². The molecule has 0 saturated carbocycles. The minimum absolute atomic E-state index is 0.0684. The summed E-state index contributed by atoms with van der Waals surface area (Å²) < 4.78 is 32.7. The molecule has 0 fully saturated rings. The second kappa shape index (κ2) is 6.78. The van der Waals surface area contributed by atoms with E-state index in [0.717, 1.165) is 0 Å². The molecule has 2 N–H and O–H groups in total. The van der Waals surface area contributed by atoms with Crippen LogP contribution in [-0.2, 0) is 15.6 Å². The molecule has 1 heterocycles.